The minimum atomic E-state index is -2.71. The van der Waals surface area contributed by atoms with Crippen LogP contribution in [0.15, 0.2) is 36.4 Å². The topological polar surface area (TPSA) is 66.6 Å². The average molecular weight is 442 g/mol. The van der Waals surface area contributed by atoms with Gasteiger partial charge < -0.3 is 15.5 Å². The number of halogens is 2. The lowest BCUT2D eigenvalue weighted by molar-refractivity contribution is -0.0493. The van der Waals surface area contributed by atoms with Gasteiger partial charge in [-0.3, -0.25) is 9.59 Å². The molecule has 1 saturated heterocycles. The van der Waals surface area contributed by atoms with E-state index in [0.29, 0.717) is 22.7 Å². The number of carbonyl (C=O) groups excluding carboxylic acids is 2. The van der Waals surface area contributed by atoms with Crippen molar-refractivity contribution in [3.63, 3.8) is 0 Å². The molecule has 2 amide bonds. The van der Waals surface area contributed by atoms with Crippen LogP contribution in [0.1, 0.15) is 38.4 Å². The Hall–Kier alpha value is -3.00. The number of hydrogen-bond donors (Lipinski definition) is 1. The van der Waals surface area contributed by atoms with Crippen LogP contribution in [-0.2, 0) is 6.54 Å². The fourth-order valence-electron chi connectivity index (χ4n) is 4.34. The van der Waals surface area contributed by atoms with Crippen molar-refractivity contribution in [2.45, 2.75) is 25.3 Å². The highest BCUT2D eigenvalue weighted by Gasteiger charge is 2.36. The molecular formula is C23H21F2N3O2S. The molecule has 31 heavy (non-hydrogen) atoms. The zero-order chi connectivity index (χ0) is 21.9. The summed E-state index contributed by atoms with van der Waals surface area (Å²) in [5.74, 6) is -2.99. The number of fused-ring (bicyclic) bond motifs is 2. The van der Waals surface area contributed by atoms with Gasteiger partial charge >= 0.3 is 0 Å². The van der Waals surface area contributed by atoms with E-state index in [0.717, 1.165) is 26.8 Å². The third-order valence-corrected chi connectivity index (χ3v) is 7.37. The fraction of sp³-hybridized carbons (Fsp3) is 0.304. The zero-order valence-electron chi connectivity index (χ0n) is 17.0. The first kappa shape index (κ1) is 19.9. The second kappa shape index (κ2) is 7.02. The van der Waals surface area contributed by atoms with Crippen molar-refractivity contribution >= 4 is 38.9 Å². The molecule has 0 bridgehead atoms. The van der Waals surface area contributed by atoms with E-state index in [9.17, 15) is 18.4 Å². The second-order valence-electron chi connectivity index (χ2n) is 8.21. The van der Waals surface area contributed by atoms with Crippen molar-refractivity contribution in [2.24, 2.45) is 0 Å². The van der Waals surface area contributed by atoms with Gasteiger partial charge in [-0.05, 0) is 28.8 Å². The molecule has 0 aliphatic carbocycles. The van der Waals surface area contributed by atoms with Crippen LogP contribution in [0.25, 0.3) is 21.2 Å². The maximum absolute atomic E-state index is 13.5. The monoisotopic (exact) mass is 441 g/mol. The molecule has 5 nitrogen and oxygen atoms in total. The molecule has 2 aliphatic rings. The molecule has 8 heteroatoms. The first-order chi connectivity index (χ1) is 14.7. The number of thiophene rings is 1. The summed E-state index contributed by atoms with van der Waals surface area (Å²) >= 11 is 1.30. The van der Waals surface area contributed by atoms with Crippen LogP contribution < -0.4 is 5.73 Å². The summed E-state index contributed by atoms with van der Waals surface area (Å²) in [7, 11) is 1.77. The van der Waals surface area contributed by atoms with Crippen molar-refractivity contribution in [1.82, 2.24) is 9.80 Å². The van der Waals surface area contributed by atoms with Gasteiger partial charge in [0.2, 0.25) is 0 Å². The first-order valence-corrected chi connectivity index (χ1v) is 10.9. The predicted octanol–water partition coefficient (Wildman–Crippen LogP) is 4.61. The summed E-state index contributed by atoms with van der Waals surface area (Å²) < 4.78 is 27.9. The molecule has 3 heterocycles. The molecule has 0 spiro atoms. The Morgan fingerprint density at radius 3 is 2.61 bits per heavy atom. The summed E-state index contributed by atoms with van der Waals surface area (Å²) in [6.07, 6.45) is -0.645. The third-order valence-electron chi connectivity index (χ3n) is 6.13. The van der Waals surface area contributed by atoms with E-state index in [1.807, 2.05) is 36.4 Å². The first-order valence-electron chi connectivity index (χ1n) is 10.1. The van der Waals surface area contributed by atoms with Crippen LogP contribution >= 0.6 is 11.3 Å². The largest absolute Gasteiger partial charge is 0.397 e. The molecule has 0 unspecified atom stereocenters. The molecule has 3 aromatic rings. The number of nitrogens with zero attached hydrogens (tertiary/aromatic N) is 2. The molecule has 5 rings (SSSR count). The SMILES string of the molecule is CN1Cc2cc(-c3cccc4c(N)c(C(=O)N5CCC(F)(F)CC5)sc34)ccc2C1=O. The molecule has 1 aromatic heterocycles. The summed E-state index contributed by atoms with van der Waals surface area (Å²) in [6, 6.07) is 11.5. The van der Waals surface area contributed by atoms with Crippen LogP contribution in [0, 0.1) is 0 Å². The molecule has 2 aliphatic heterocycles. The molecule has 2 aromatic carbocycles. The molecule has 2 N–H and O–H groups in total. The van der Waals surface area contributed by atoms with Crippen LogP contribution in [0.2, 0.25) is 0 Å². The lowest BCUT2D eigenvalue weighted by Crippen LogP contribution is -2.42. The summed E-state index contributed by atoms with van der Waals surface area (Å²) in [4.78, 5) is 28.8. The van der Waals surface area contributed by atoms with Gasteiger partial charge in [-0.25, -0.2) is 8.78 Å². The van der Waals surface area contributed by atoms with Crippen molar-refractivity contribution < 1.29 is 18.4 Å². The maximum Gasteiger partial charge on any atom is 0.266 e. The minimum absolute atomic E-state index is 0.0140. The number of nitrogens with two attached hydrogens (primary N) is 1. The fourth-order valence-corrected chi connectivity index (χ4v) is 5.56. The Morgan fingerprint density at radius 2 is 1.87 bits per heavy atom. The highest BCUT2D eigenvalue weighted by Crippen LogP contribution is 2.41. The molecule has 1 fully saturated rings. The number of hydrogen-bond acceptors (Lipinski definition) is 4. The van der Waals surface area contributed by atoms with Crippen LogP contribution in [-0.4, -0.2) is 47.7 Å². The second-order valence-corrected chi connectivity index (χ2v) is 9.23. The van der Waals surface area contributed by atoms with Crippen molar-refractivity contribution in [1.29, 1.82) is 0 Å². The van der Waals surface area contributed by atoms with Gasteiger partial charge in [0.15, 0.2) is 0 Å². The van der Waals surface area contributed by atoms with Crippen molar-refractivity contribution in [2.75, 3.05) is 25.9 Å². The lowest BCUT2D eigenvalue weighted by atomic mass is 9.99. The Bertz CT molecular complexity index is 1230. The van der Waals surface area contributed by atoms with Gasteiger partial charge in [0.25, 0.3) is 17.7 Å². The zero-order valence-corrected chi connectivity index (χ0v) is 17.8. The molecule has 160 valence electrons. The van der Waals surface area contributed by atoms with Gasteiger partial charge in [0.05, 0.1) is 5.69 Å². The number of piperidine rings is 1. The number of carbonyl (C=O) groups is 2. The van der Waals surface area contributed by atoms with E-state index in [1.165, 1.54) is 16.2 Å². The van der Waals surface area contributed by atoms with E-state index in [-0.39, 0.29) is 37.7 Å². The van der Waals surface area contributed by atoms with Crippen molar-refractivity contribution in [3.8, 4) is 11.1 Å². The Balaban J connectivity index is 1.53. The third kappa shape index (κ3) is 3.26. The number of benzene rings is 2. The highest BCUT2D eigenvalue weighted by atomic mass is 32.1. The summed E-state index contributed by atoms with van der Waals surface area (Å²) in [6.45, 7) is 0.616. The van der Waals surface area contributed by atoms with Crippen molar-refractivity contribution in [3.05, 3.63) is 52.4 Å². The van der Waals surface area contributed by atoms with Gasteiger partial charge in [-0.2, -0.15) is 0 Å². The van der Waals surface area contributed by atoms with E-state index in [2.05, 4.69) is 0 Å². The lowest BCUT2D eigenvalue weighted by Gasteiger charge is -2.31. The summed E-state index contributed by atoms with van der Waals surface area (Å²) in [5.41, 5.74) is 10.3. The Kier molecular flexibility index (Phi) is 4.51. The molecule has 0 atom stereocenters. The highest BCUT2D eigenvalue weighted by molar-refractivity contribution is 7.22. The van der Waals surface area contributed by atoms with E-state index >= 15 is 0 Å². The standard InChI is InChI=1S/C23H21F2N3O2S/c1-27-12-14-11-13(5-6-16(14)21(27)29)15-3-2-4-17-18(26)20(31-19(15)17)22(30)28-9-7-23(24,25)8-10-28/h2-6,11H,7-10,12,26H2,1H3. The van der Waals surface area contributed by atoms with E-state index in [4.69, 9.17) is 5.73 Å². The smallest absolute Gasteiger partial charge is 0.266 e. The van der Waals surface area contributed by atoms with Gasteiger partial charge in [0.1, 0.15) is 4.88 Å². The van der Waals surface area contributed by atoms with Gasteiger partial charge in [-0.1, -0.05) is 24.3 Å². The van der Waals surface area contributed by atoms with E-state index < -0.39 is 5.92 Å². The molecule has 0 radical (unpaired) electrons. The van der Waals surface area contributed by atoms with Crippen LogP contribution in [0.4, 0.5) is 14.5 Å². The van der Waals surface area contributed by atoms with E-state index in [1.54, 1.807) is 11.9 Å². The van der Waals surface area contributed by atoms with Crippen LogP contribution in [0.3, 0.4) is 0 Å². The molecule has 0 saturated carbocycles. The number of rotatable bonds is 2. The Labute approximate surface area is 182 Å². The quantitative estimate of drug-likeness (QED) is 0.632. The predicted molar refractivity (Wildman–Crippen MR) is 118 cm³/mol. The minimum Gasteiger partial charge on any atom is -0.397 e. The normalized spacial score (nSPS) is 18.0. The summed E-state index contributed by atoms with van der Waals surface area (Å²) in [5, 5.41) is 0.780. The number of anilines is 1. The molecular weight excluding hydrogens is 420 g/mol. The number of nitrogen functional groups attached to an aromatic ring is 1. The van der Waals surface area contributed by atoms with Gasteiger partial charge in [0, 0.05) is 55.2 Å². The number of likely N-dealkylation sites (tertiary alicyclic amines) is 1. The van der Waals surface area contributed by atoms with Crippen LogP contribution in [0.5, 0.6) is 0 Å². The maximum atomic E-state index is 13.5. The number of amides is 2. The Morgan fingerprint density at radius 1 is 1.13 bits per heavy atom. The average Bonchev–Trinajstić information content (AvgIpc) is 3.23. The number of alkyl halides is 2. The van der Waals surface area contributed by atoms with Gasteiger partial charge in [-0.15, -0.1) is 11.3 Å².